The van der Waals surface area contributed by atoms with E-state index < -0.39 is 0 Å². The summed E-state index contributed by atoms with van der Waals surface area (Å²) in [6.45, 7) is 8.53. The molecule has 0 amide bonds. The molecule has 2 spiro atoms. The Labute approximate surface area is 192 Å². The van der Waals surface area contributed by atoms with Gasteiger partial charge in [-0.15, -0.1) is 0 Å². The minimum Gasteiger partial charge on any atom is -0.459 e. The Morgan fingerprint density at radius 1 is 0.906 bits per heavy atom. The van der Waals surface area contributed by atoms with Crippen molar-refractivity contribution in [1.82, 2.24) is 0 Å². The monoisotopic (exact) mass is 444 g/mol. The molecule has 0 aromatic rings. The summed E-state index contributed by atoms with van der Waals surface area (Å²) in [7, 11) is 1.57. The van der Waals surface area contributed by atoms with Gasteiger partial charge in [0.1, 0.15) is 17.8 Å². The molecule has 10 atom stereocenters. The molecule has 6 aliphatic carbocycles. The number of carbonyl (C=O) groups excluding carboxylic acids is 2. The predicted octanol–water partition coefficient (Wildman–Crippen LogP) is 4.91. The number of rotatable bonds is 6. The lowest BCUT2D eigenvalue weighted by molar-refractivity contribution is -0.167. The van der Waals surface area contributed by atoms with Crippen LogP contribution in [-0.4, -0.2) is 36.9 Å². The number of esters is 2. The minimum atomic E-state index is -0.293. The molecule has 10 unspecified atom stereocenters. The van der Waals surface area contributed by atoms with Crippen LogP contribution < -0.4 is 0 Å². The molecule has 6 fully saturated rings. The molecule has 0 N–H and O–H groups in total. The van der Waals surface area contributed by atoms with Gasteiger partial charge in [-0.1, -0.05) is 13.8 Å². The van der Waals surface area contributed by atoms with Gasteiger partial charge in [0, 0.05) is 36.7 Å². The second kappa shape index (κ2) is 6.31. The van der Waals surface area contributed by atoms with Crippen molar-refractivity contribution in [2.75, 3.05) is 13.7 Å². The standard InChI is InChI=1S/C27H40O5/c1-16-6-19-7-20-25(9-16,11-19)27(20,32-22(29)13-30-5)15-24-8-17(2)10-26(14-24)21(12-24)23(26,4)31-18(3)28/h16-17,19-21H,6-15H2,1-5H3. The van der Waals surface area contributed by atoms with Crippen molar-refractivity contribution >= 4 is 11.9 Å². The van der Waals surface area contributed by atoms with Gasteiger partial charge in [-0.2, -0.15) is 0 Å². The summed E-state index contributed by atoms with van der Waals surface area (Å²) in [6, 6.07) is 0. The Hall–Kier alpha value is -1.10. The second-order valence-electron chi connectivity index (χ2n) is 13.3. The summed E-state index contributed by atoms with van der Waals surface area (Å²) in [5, 5.41) is 0. The van der Waals surface area contributed by atoms with Crippen LogP contribution in [0.4, 0.5) is 0 Å². The highest BCUT2D eigenvalue weighted by atomic mass is 16.6. The van der Waals surface area contributed by atoms with Crippen LogP contribution in [0.1, 0.15) is 85.5 Å². The van der Waals surface area contributed by atoms with Crippen molar-refractivity contribution in [2.45, 2.75) is 96.7 Å². The molecule has 32 heavy (non-hydrogen) atoms. The van der Waals surface area contributed by atoms with Crippen LogP contribution in [0.25, 0.3) is 0 Å². The van der Waals surface area contributed by atoms with Crippen molar-refractivity contribution in [1.29, 1.82) is 0 Å². The van der Waals surface area contributed by atoms with Gasteiger partial charge in [-0.25, -0.2) is 4.79 Å². The molecule has 0 aromatic carbocycles. The summed E-state index contributed by atoms with van der Waals surface area (Å²) < 4.78 is 17.6. The highest BCUT2D eigenvalue weighted by Crippen LogP contribution is 2.87. The predicted molar refractivity (Wildman–Crippen MR) is 119 cm³/mol. The maximum atomic E-state index is 12.8. The van der Waals surface area contributed by atoms with Crippen LogP contribution >= 0.6 is 0 Å². The summed E-state index contributed by atoms with van der Waals surface area (Å²) in [6.07, 6.45) is 10.7. The van der Waals surface area contributed by atoms with Crippen LogP contribution in [0, 0.1) is 45.8 Å². The fraction of sp³-hybridized carbons (Fsp3) is 0.926. The van der Waals surface area contributed by atoms with E-state index in [1.54, 1.807) is 14.0 Å². The number of carbonyl (C=O) groups is 2. The van der Waals surface area contributed by atoms with E-state index in [1.807, 2.05) is 0 Å². The molecule has 0 radical (unpaired) electrons. The third-order valence-electron chi connectivity index (χ3n) is 11.3. The lowest BCUT2D eigenvalue weighted by Gasteiger charge is -2.47. The molecule has 0 heterocycles. The van der Waals surface area contributed by atoms with Crippen molar-refractivity contribution in [3.05, 3.63) is 0 Å². The Kier molecular flexibility index (Phi) is 4.23. The Balaban J connectivity index is 1.30. The molecule has 0 aromatic heterocycles. The molecule has 0 aliphatic heterocycles. The lowest BCUT2D eigenvalue weighted by Crippen LogP contribution is -2.44. The van der Waals surface area contributed by atoms with Crippen LogP contribution in [0.3, 0.4) is 0 Å². The van der Waals surface area contributed by atoms with Gasteiger partial charge >= 0.3 is 11.9 Å². The van der Waals surface area contributed by atoms with Gasteiger partial charge in [0.05, 0.1) is 0 Å². The highest BCUT2D eigenvalue weighted by Gasteiger charge is 2.88. The lowest BCUT2D eigenvalue weighted by atomic mass is 9.61. The summed E-state index contributed by atoms with van der Waals surface area (Å²) in [4.78, 5) is 24.6. The molecule has 4 bridgehead atoms. The van der Waals surface area contributed by atoms with Gasteiger partial charge in [0.25, 0.3) is 0 Å². The Morgan fingerprint density at radius 2 is 1.66 bits per heavy atom. The molecule has 178 valence electrons. The van der Waals surface area contributed by atoms with E-state index in [4.69, 9.17) is 14.2 Å². The molecule has 5 heteroatoms. The molecular weight excluding hydrogens is 404 g/mol. The number of methoxy groups -OCH3 is 1. The molecule has 6 rings (SSSR count). The number of ether oxygens (including phenoxy) is 3. The zero-order chi connectivity index (χ0) is 22.7. The fourth-order valence-corrected chi connectivity index (χ4v) is 11.0. The van der Waals surface area contributed by atoms with E-state index >= 15 is 0 Å². The minimum absolute atomic E-state index is 0.0457. The quantitative estimate of drug-likeness (QED) is 0.545. The van der Waals surface area contributed by atoms with Gasteiger partial charge in [0.2, 0.25) is 0 Å². The van der Waals surface area contributed by atoms with Gasteiger partial charge in [0.15, 0.2) is 0 Å². The van der Waals surface area contributed by atoms with Crippen molar-refractivity contribution in [3.63, 3.8) is 0 Å². The van der Waals surface area contributed by atoms with Crippen molar-refractivity contribution in [3.8, 4) is 0 Å². The Bertz CT molecular complexity index is 870. The third kappa shape index (κ3) is 2.50. The van der Waals surface area contributed by atoms with Crippen molar-refractivity contribution in [2.24, 2.45) is 45.8 Å². The van der Waals surface area contributed by atoms with Gasteiger partial charge < -0.3 is 14.2 Å². The first-order valence-corrected chi connectivity index (χ1v) is 12.9. The van der Waals surface area contributed by atoms with E-state index in [0.717, 1.165) is 37.5 Å². The van der Waals surface area contributed by atoms with E-state index in [-0.39, 0.29) is 46.0 Å². The SMILES string of the molecule is COCC(=O)OC1(CC23CC(C)CC4(C2)C(C3)C4(C)OC(C)=O)C2CC3CC(C)CC21C3. The third-order valence-corrected chi connectivity index (χ3v) is 11.3. The molecule has 6 aliphatic rings. The van der Waals surface area contributed by atoms with Crippen molar-refractivity contribution < 1.29 is 23.8 Å². The number of hydrogen-bond donors (Lipinski definition) is 0. The summed E-state index contributed by atoms with van der Waals surface area (Å²) >= 11 is 0. The number of hydrogen-bond acceptors (Lipinski definition) is 5. The fourth-order valence-electron chi connectivity index (χ4n) is 11.0. The first-order valence-electron chi connectivity index (χ1n) is 12.9. The van der Waals surface area contributed by atoms with Crippen LogP contribution in [-0.2, 0) is 23.8 Å². The zero-order valence-electron chi connectivity index (χ0n) is 20.5. The first kappa shape index (κ1) is 21.4. The second-order valence-corrected chi connectivity index (χ2v) is 13.3. The first-order chi connectivity index (χ1) is 15.0. The summed E-state index contributed by atoms with van der Waals surface area (Å²) in [5.74, 6) is 2.81. The van der Waals surface area contributed by atoms with Crippen LogP contribution in [0.2, 0.25) is 0 Å². The average molecular weight is 445 g/mol. The van der Waals surface area contributed by atoms with Gasteiger partial charge in [-0.3, -0.25) is 4.79 Å². The molecule has 5 nitrogen and oxygen atoms in total. The van der Waals surface area contributed by atoms with E-state index in [9.17, 15) is 9.59 Å². The van der Waals surface area contributed by atoms with E-state index in [2.05, 4.69) is 20.8 Å². The Morgan fingerprint density at radius 3 is 2.38 bits per heavy atom. The average Bonchev–Trinajstić information content (AvgIpc) is 3.13. The topological polar surface area (TPSA) is 61.8 Å². The van der Waals surface area contributed by atoms with E-state index in [1.165, 1.54) is 32.1 Å². The normalized spacial score (nSPS) is 56.2. The molecule has 6 saturated carbocycles. The largest absolute Gasteiger partial charge is 0.459 e. The maximum absolute atomic E-state index is 12.8. The zero-order valence-corrected chi connectivity index (χ0v) is 20.5. The van der Waals surface area contributed by atoms with Crippen LogP contribution in [0.5, 0.6) is 0 Å². The number of fused-ring (bicyclic) bond motifs is 2. The molecular formula is C27H40O5. The maximum Gasteiger partial charge on any atom is 0.332 e. The smallest absolute Gasteiger partial charge is 0.332 e. The summed E-state index contributed by atoms with van der Waals surface area (Å²) in [5.41, 5.74) is -0.0320. The van der Waals surface area contributed by atoms with Gasteiger partial charge in [-0.05, 0) is 87.9 Å². The highest BCUT2D eigenvalue weighted by molar-refractivity contribution is 5.72. The van der Waals surface area contributed by atoms with Crippen LogP contribution in [0.15, 0.2) is 0 Å². The molecule has 0 saturated heterocycles. The van der Waals surface area contributed by atoms with E-state index in [0.29, 0.717) is 17.8 Å².